The molecule has 0 amide bonds. The van der Waals surface area contributed by atoms with E-state index in [2.05, 4.69) is 94.3 Å². The van der Waals surface area contributed by atoms with Crippen LogP contribution in [0.15, 0.2) is 48.2 Å². The highest BCUT2D eigenvalue weighted by molar-refractivity contribution is 6.21. The zero-order valence-electron chi connectivity index (χ0n) is 25.9. The number of rotatable bonds is 11. The summed E-state index contributed by atoms with van der Waals surface area (Å²) < 4.78 is 0. The summed E-state index contributed by atoms with van der Waals surface area (Å²) in [6.45, 7) is 16.6. The van der Waals surface area contributed by atoms with E-state index in [1.165, 1.54) is 69.2 Å². The Morgan fingerprint density at radius 1 is 1.03 bits per heavy atom. The van der Waals surface area contributed by atoms with E-state index in [9.17, 15) is 0 Å². The van der Waals surface area contributed by atoms with Gasteiger partial charge in [0.25, 0.3) is 0 Å². The molecule has 1 aromatic carbocycles. The van der Waals surface area contributed by atoms with Crippen molar-refractivity contribution >= 4 is 17.3 Å². The van der Waals surface area contributed by atoms with Crippen LogP contribution in [0.3, 0.4) is 0 Å². The number of hydrogen-bond donors (Lipinski definition) is 1. The van der Waals surface area contributed by atoms with Crippen LogP contribution in [0.25, 0.3) is 0 Å². The molecule has 0 spiro atoms. The molecule has 0 radical (unpaired) electrons. The van der Waals surface area contributed by atoms with Crippen LogP contribution >= 0.6 is 11.6 Å². The minimum absolute atomic E-state index is 0.0850. The number of anilines is 1. The number of para-hydroxylation sites is 1. The highest BCUT2D eigenvalue weighted by atomic mass is 35.5. The monoisotopic (exact) mass is 552 g/mol. The Morgan fingerprint density at radius 3 is 2.56 bits per heavy atom. The van der Waals surface area contributed by atoms with Crippen molar-refractivity contribution in [3.8, 4) is 0 Å². The number of fused-ring (bicyclic) bond motifs is 1. The van der Waals surface area contributed by atoms with E-state index < -0.39 is 0 Å². The minimum atomic E-state index is 0.0850. The van der Waals surface area contributed by atoms with Crippen LogP contribution in [0.1, 0.15) is 118 Å². The standard InChI is InChI=1S/C36H57ClN2/c1-7-25-38-31-20-11-9-18-29(31)35(3,4)24-14-17-27-15-13-16-28(34(27)37)22-23-33-36(5,6)30-19-10-12-21-32(30)39(33)26-8-2/h9,11,14,17-18,20,23,27-28,30,32,34,38H,7-8,10,12-13,15-16,19,21-22,24-26H2,1-6H3. The van der Waals surface area contributed by atoms with Gasteiger partial charge in [0.15, 0.2) is 0 Å². The molecule has 1 heterocycles. The number of benzene rings is 1. The molecule has 0 bridgehead atoms. The lowest BCUT2D eigenvalue weighted by Crippen LogP contribution is -2.35. The minimum Gasteiger partial charge on any atom is -0.385 e. The molecule has 0 aromatic heterocycles. The number of allylic oxidation sites excluding steroid dienone is 4. The first-order valence-electron chi connectivity index (χ1n) is 16.3. The number of hydrogen-bond acceptors (Lipinski definition) is 2. The summed E-state index contributed by atoms with van der Waals surface area (Å²) >= 11 is 7.27. The summed E-state index contributed by atoms with van der Waals surface area (Å²) in [6.07, 6.45) is 21.5. The summed E-state index contributed by atoms with van der Waals surface area (Å²) in [5.41, 5.74) is 4.71. The van der Waals surface area contributed by atoms with Crippen molar-refractivity contribution < 1.29 is 0 Å². The zero-order valence-corrected chi connectivity index (χ0v) is 26.7. The Kier molecular flexibility index (Phi) is 10.6. The van der Waals surface area contributed by atoms with Crippen LogP contribution in [0.2, 0.25) is 0 Å². The van der Waals surface area contributed by atoms with Crippen LogP contribution in [0.5, 0.6) is 0 Å². The molecule has 1 N–H and O–H groups in total. The van der Waals surface area contributed by atoms with Crippen molar-refractivity contribution in [1.82, 2.24) is 4.90 Å². The molecule has 1 saturated heterocycles. The third-order valence-electron chi connectivity index (χ3n) is 10.3. The van der Waals surface area contributed by atoms with E-state index in [4.69, 9.17) is 11.6 Å². The summed E-state index contributed by atoms with van der Waals surface area (Å²) in [5, 5.41) is 3.87. The van der Waals surface area contributed by atoms with Gasteiger partial charge in [0, 0.05) is 41.3 Å². The Morgan fingerprint density at radius 2 is 1.79 bits per heavy atom. The molecule has 218 valence electrons. The fraction of sp³-hybridized carbons (Fsp3) is 0.722. The first-order chi connectivity index (χ1) is 18.7. The Balaban J connectivity index is 1.41. The average Bonchev–Trinajstić information content (AvgIpc) is 3.14. The molecule has 39 heavy (non-hydrogen) atoms. The molecule has 1 aromatic rings. The van der Waals surface area contributed by atoms with Crippen molar-refractivity contribution in [3.63, 3.8) is 0 Å². The van der Waals surface area contributed by atoms with Crippen LogP contribution in [0, 0.1) is 23.2 Å². The summed E-state index contributed by atoms with van der Waals surface area (Å²) in [5.74, 6) is 1.89. The number of halogens is 1. The SMILES string of the molecule is CCCNc1ccccc1C(C)(C)CC=CC1CCCC(CC=C2N(CCC)C3CCCCC3C2(C)C)C1Cl. The molecular weight excluding hydrogens is 496 g/mol. The van der Waals surface area contributed by atoms with Gasteiger partial charge in [-0.05, 0) is 86.2 Å². The topological polar surface area (TPSA) is 15.3 Å². The molecule has 3 fully saturated rings. The maximum absolute atomic E-state index is 7.27. The Bertz CT molecular complexity index is 976. The zero-order chi connectivity index (χ0) is 28.0. The van der Waals surface area contributed by atoms with E-state index in [-0.39, 0.29) is 10.8 Å². The van der Waals surface area contributed by atoms with Gasteiger partial charge in [0.2, 0.25) is 0 Å². The fourth-order valence-corrected chi connectivity index (χ4v) is 8.54. The van der Waals surface area contributed by atoms with Crippen LogP contribution in [0.4, 0.5) is 5.69 Å². The molecule has 2 aliphatic carbocycles. The van der Waals surface area contributed by atoms with E-state index in [1.54, 1.807) is 5.70 Å². The van der Waals surface area contributed by atoms with Gasteiger partial charge >= 0.3 is 0 Å². The summed E-state index contributed by atoms with van der Waals surface area (Å²) in [6, 6.07) is 9.61. The van der Waals surface area contributed by atoms with Gasteiger partial charge in [-0.1, -0.05) is 97.2 Å². The molecule has 4 rings (SSSR count). The summed E-state index contributed by atoms with van der Waals surface area (Å²) in [4.78, 5) is 2.82. The lowest BCUT2D eigenvalue weighted by Gasteiger charge is -2.34. The molecule has 5 unspecified atom stereocenters. The van der Waals surface area contributed by atoms with Crippen LogP contribution in [-0.2, 0) is 5.41 Å². The van der Waals surface area contributed by atoms with Gasteiger partial charge < -0.3 is 10.2 Å². The molecule has 5 atom stereocenters. The number of alkyl halides is 1. The van der Waals surface area contributed by atoms with Gasteiger partial charge in [-0.3, -0.25) is 0 Å². The highest BCUT2D eigenvalue weighted by Crippen LogP contribution is 2.53. The van der Waals surface area contributed by atoms with Crippen LogP contribution in [-0.4, -0.2) is 29.4 Å². The van der Waals surface area contributed by atoms with E-state index >= 15 is 0 Å². The molecule has 2 saturated carbocycles. The van der Waals surface area contributed by atoms with Gasteiger partial charge in [-0.15, -0.1) is 11.6 Å². The lowest BCUT2D eigenvalue weighted by molar-refractivity contribution is 0.170. The average molecular weight is 553 g/mol. The van der Waals surface area contributed by atoms with Crippen LogP contribution < -0.4 is 5.32 Å². The first-order valence-corrected chi connectivity index (χ1v) is 16.8. The molecule has 3 aliphatic rings. The highest BCUT2D eigenvalue weighted by Gasteiger charge is 2.50. The normalized spacial score (nSPS) is 30.2. The second-order valence-corrected chi connectivity index (χ2v) is 14.5. The third-order valence-corrected chi connectivity index (χ3v) is 11.0. The maximum atomic E-state index is 7.27. The molecule has 1 aliphatic heterocycles. The second kappa shape index (κ2) is 13.5. The smallest absolute Gasteiger partial charge is 0.0429 e. The van der Waals surface area contributed by atoms with Gasteiger partial charge in [-0.2, -0.15) is 0 Å². The Hall–Kier alpha value is -1.41. The fourth-order valence-electron chi connectivity index (χ4n) is 8.10. The lowest BCUT2D eigenvalue weighted by atomic mass is 9.70. The first kappa shape index (κ1) is 30.5. The van der Waals surface area contributed by atoms with Crippen molar-refractivity contribution in [1.29, 1.82) is 0 Å². The van der Waals surface area contributed by atoms with Crippen molar-refractivity contribution in [2.75, 3.05) is 18.4 Å². The van der Waals surface area contributed by atoms with E-state index in [0.717, 1.165) is 37.8 Å². The number of nitrogens with one attached hydrogen (secondary N) is 1. The molecule has 2 nitrogen and oxygen atoms in total. The van der Waals surface area contributed by atoms with Crippen molar-refractivity contribution in [3.05, 3.63) is 53.8 Å². The molecular formula is C36H57ClN2. The van der Waals surface area contributed by atoms with Gasteiger partial charge in [0.1, 0.15) is 0 Å². The van der Waals surface area contributed by atoms with E-state index in [0.29, 0.717) is 17.3 Å². The van der Waals surface area contributed by atoms with E-state index in [1.807, 2.05) is 0 Å². The number of likely N-dealkylation sites (tertiary alicyclic amines) is 1. The predicted molar refractivity (Wildman–Crippen MR) is 172 cm³/mol. The molecule has 3 heteroatoms. The number of nitrogens with zero attached hydrogens (tertiary/aromatic N) is 1. The van der Waals surface area contributed by atoms with Gasteiger partial charge in [0.05, 0.1) is 0 Å². The summed E-state index contributed by atoms with van der Waals surface area (Å²) in [7, 11) is 0. The van der Waals surface area contributed by atoms with Crippen molar-refractivity contribution in [2.24, 2.45) is 23.2 Å². The second-order valence-electron chi connectivity index (χ2n) is 14.0. The third kappa shape index (κ3) is 6.91. The maximum Gasteiger partial charge on any atom is 0.0429 e. The largest absolute Gasteiger partial charge is 0.385 e. The predicted octanol–water partition coefficient (Wildman–Crippen LogP) is 10.3. The quantitative estimate of drug-likeness (QED) is 0.217. The Labute approximate surface area is 246 Å². The van der Waals surface area contributed by atoms with Crippen molar-refractivity contribution in [2.45, 2.75) is 129 Å². The van der Waals surface area contributed by atoms with Gasteiger partial charge in [-0.25, -0.2) is 0 Å².